The number of hydrogen-bond donors (Lipinski definition) is 0. The summed E-state index contributed by atoms with van der Waals surface area (Å²) >= 11 is 0. The summed E-state index contributed by atoms with van der Waals surface area (Å²) in [5, 5.41) is 0. The lowest BCUT2D eigenvalue weighted by Gasteiger charge is -2.23. The van der Waals surface area contributed by atoms with Crippen LogP contribution in [0, 0.1) is 0 Å². The van der Waals surface area contributed by atoms with E-state index in [1.807, 2.05) is 18.2 Å². The normalized spacial score (nSPS) is 18.4. The Labute approximate surface area is 128 Å². The lowest BCUT2D eigenvalue weighted by atomic mass is 10.2. The van der Waals surface area contributed by atoms with Gasteiger partial charge in [-0.2, -0.15) is 0 Å². The molecule has 1 heterocycles. The maximum absolute atomic E-state index is 12.3. The van der Waals surface area contributed by atoms with E-state index >= 15 is 0 Å². The number of hydrogen-bond acceptors (Lipinski definition) is 4. The third kappa shape index (κ3) is 4.28. The van der Waals surface area contributed by atoms with Gasteiger partial charge in [0, 0.05) is 13.1 Å². The highest BCUT2D eigenvalue weighted by atomic mass is 32.2. The molecule has 0 unspecified atom stereocenters. The maximum atomic E-state index is 12.3. The molecule has 5 heteroatoms. The van der Waals surface area contributed by atoms with Crippen LogP contribution >= 0.6 is 0 Å². The average Bonchev–Trinajstić information content (AvgIpc) is 2.61. The number of benzene rings is 1. The SMILES string of the molecule is CCN(CC)CCCN1CCS(=O)(=O)c2ccccc2C1. The van der Waals surface area contributed by atoms with Crippen molar-refractivity contribution in [1.82, 2.24) is 9.80 Å². The topological polar surface area (TPSA) is 40.6 Å². The minimum Gasteiger partial charge on any atom is -0.304 e. The molecule has 0 saturated carbocycles. The van der Waals surface area contributed by atoms with Crippen molar-refractivity contribution in [2.75, 3.05) is 38.5 Å². The molecule has 4 nitrogen and oxygen atoms in total. The predicted octanol–water partition coefficient (Wildman–Crippen LogP) is 2.01. The van der Waals surface area contributed by atoms with Gasteiger partial charge in [-0.1, -0.05) is 32.0 Å². The average molecular weight is 310 g/mol. The van der Waals surface area contributed by atoms with Gasteiger partial charge < -0.3 is 4.90 Å². The largest absolute Gasteiger partial charge is 0.304 e. The van der Waals surface area contributed by atoms with Gasteiger partial charge in [0.25, 0.3) is 0 Å². The summed E-state index contributed by atoms with van der Waals surface area (Å²) in [6.07, 6.45) is 1.09. The van der Waals surface area contributed by atoms with E-state index in [0.29, 0.717) is 11.4 Å². The standard InChI is InChI=1S/C16H26N2O2S/c1-3-17(4-2)10-7-11-18-12-13-21(19,20)16-9-6-5-8-15(16)14-18/h5-6,8-9H,3-4,7,10-14H2,1-2H3. The Morgan fingerprint density at radius 3 is 2.62 bits per heavy atom. The van der Waals surface area contributed by atoms with Crippen LogP contribution < -0.4 is 0 Å². The van der Waals surface area contributed by atoms with E-state index < -0.39 is 9.84 Å². The van der Waals surface area contributed by atoms with Gasteiger partial charge in [-0.05, 0) is 44.2 Å². The molecule has 118 valence electrons. The quantitative estimate of drug-likeness (QED) is 0.806. The van der Waals surface area contributed by atoms with Gasteiger partial charge in [0.1, 0.15) is 0 Å². The summed E-state index contributed by atoms with van der Waals surface area (Å²) in [4.78, 5) is 5.20. The van der Waals surface area contributed by atoms with Crippen LogP contribution in [0.4, 0.5) is 0 Å². The summed E-state index contributed by atoms with van der Waals surface area (Å²) in [7, 11) is -3.11. The summed E-state index contributed by atoms with van der Waals surface area (Å²) in [5.74, 6) is 0.231. The first-order chi connectivity index (χ1) is 10.1. The monoisotopic (exact) mass is 310 g/mol. The molecular formula is C16H26N2O2S. The molecule has 1 aliphatic rings. The molecule has 0 radical (unpaired) electrons. The van der Waals surface area contributed by atoms with Gasteiger partial charge >= 0.3 is 0 Å². The molecule has 0 aromatic heterocycles. The lowest BCUT2D eigenvalue weighted by Crippen LogP contribution is -2.31. The first-order valence-electron chi connectivity index (χ1n) is 7.82. The molecule has 0 N–H and O–H groups in total. The summed E-state index contributed by atoms with van der Waals surface area (Å²) < 4.78 is 24.6. The summed E-state index contributed by atoms with van der Waals surface area (Å²) in [6, 6.07) is 7.42. The Hall–Kier alpha value is -0.910. The van der Waals surface area contributed by atoms with Crippen molar-refractivity contribution in [2.24, 2.45) is 0 Å². The molecule has 0 atom stereocenters. The number of fused-ring (bicyclic) bond motifs is 1. The molecule has 0 saturated heterocycles. The van der Waals surface area contributed by atoms with E-state index in [4.69, 9.17) is 0 Å². The van der Waals surface area contributed by atoms with Crippen LogP contribution in [0.3, 0.4) is 0 Å². The van der Waals surface area contributed by atoms with E-state index in [-0.39, 0.29) is 5.75 Å². The fourth-order valence-corrected chi connectivity index (χ4v) is 4.40. The molecule has 2 rings (SSSR count). The van der Waals surface area contributed by atoms with Gasteiger partial charge in [0.05, 0.1) is 10.6 Å². The zero-order chi connectivity index (χ0) is 15.3. The van der Waals surface area contributed by atoms with Gasteiger partial charge in [0.2, 0.25) is 0 Å². The molecule has 0 fully saturated rings. The van der Waals surface area contributed by atoms with Crippen molar-refractivity contribution < 1.29 is 8.42 Å². The number of sulfone groups is 1. The predicted molar refractivity (Wildman–Crippen MR) is 86.2 cm³/mol. The second-order valence-electron chi connectivity index (χ2n) is 5.58. The fourth-order valence-electron chi connectivity index (χ4n) is 2.87. The van der Waals surface area contributed by atoms with Crippen LogP contribution in [0.25, 0.3) is 0 Å². The Bertz CT molecular complexity index is 553. The first kappa shape index (κ1) is 16.5. The van der Waals surface area contributed by atoms with Gasteiger partial charge in [-0.3, -0.25) is 4.90 Å². The first-order valence-corrected chi connectivity index (χ1v) is 9.47. The maximum Gasteiger partial charge on any atom is 0.179 e. The Balaban J connectivity index is 1.99. The molecule has 1 aliphatic heterocycles. The van der Waals surface area contributed by atoms with Gasteiger partial charge in [-0.25, -0.2) is 8.42 Å². The van der Waals surface area contributed by atoms with Crippen LogP contribution in [0.15, 0.2) is 29.2 Å². The molecular weight excluding hydrogens is 284 g/mol. The molecule has 0 aliphatic carbocycles. The lowest BCUT2D eigenvalue weighted by molar-refractivity contribution is 0.239. The highest BCUT2D eigenvalue weighted by Gasteiger charge is 2.24. The molecule has 1 aromatic rings. The zero-order valence-electron chi connectivity index (χ0n) is 13.1. The van der Waals surface area contributed by atoms with E-state index in [0.717, 1.165) is 44.7 Å². The molecule has 0 bridgehead atoms. The molecule has 1 aromatic carbocycles. The van der Waals surface area contributed by atoms with Crippen LogP contribution in [0.2, 0.25) is 0 Å². The van der Waals surface area contributed by atoms with Crippen LogP contribution in [0.5, 0.6) is 0 Å². The van der Waals surface area contributed by atoms with Crippen molar-refractivity contribution in [3.8, 4) is 0 Å². The van der Waals surface area contributed by atoms with Crippen LogP contribution in [0.1, 0.15) is 25.8 Å². The minimum absolute atomic E-state index is 0.231. The molecule has 0 amide bonds. The van der Waals surface area contributed by atoms with Crippen molar-refractivity contribution in [3.05, 3.63) is 29.8 Å². The van der Waals surface area contributed by atoms with Crippen LogP contribution in [-0.2, 0) is 16.4 Å². The van der Waals surface area contributed by atoms with E-state index in [1.54, 1.807) is 6.07 Å². The third-order valence-electron chi connectivity index (χ3n) is 4.22. The van der Waals surface area contributed by atoms with Gasteiger partial charge in [0.15, 0.2) is 9.84 Å². The van der Waals surface area contributed by atoms with Crippen molar-refractivity contribution in [3.63, 3.8) is 0 Å². The zero-order valence-corrected chi connectivity index (χ0v) is 13.9. The van der Waals surface area contributed by atoms with Crippen LogP contribution in [-0.4, -0.2) is 56.7 Å². The molecule has 21 heavy (non-hydrogen) atoms. The van der Waals surface area contributed by atoms with Crippen molar-refractivity contribution in [1.29, 1.82) is 0 Å². The number of rotatable bonds is 6. The van der Waals surface area contributed by atoms with E-state index in [2.05, 4.69) is 23.6 Å². The second-order valence-corrected chi connectivity index (χ2v) is 7.66. The highest BCUT2D eigenvalue weighted by Crippen LogP contribution is 2.22. The Morgan fingerprint density at radius 1 is 1.19 bits per heavy atom. The highest BCUT2D eigenvalue weighted by molar-refractivity contribution is 7.91. The fraction of sp³-hybridized carbons (Fsp3) is 0.625. The van der Waals surface area contributed by atoms with Gasteiger partial charge in [-0.15, -0.1) is 0 Å². The van der Waals surface area contributed by atoms with E-state index in [1.165, 1.54) is 0 Å². The third-order valence-corrected chi connectivity index (χ3v) is 6.01. The van der Waals surface area contributed by atoms with Crippen molar-refractivity contribution >= 4 is 9.84 Å². The Morgan fingerprint density at radius 2 is 1.90 bits per heavy atom. The summed E-state index contributed by atoms with van der Waals surface area (Å²) in [6.45, 7) is 9.93. The molecule has 0 spiro atoms. The minimum atomic E-state index is -3.11. The Kier molecular flexibility index (Phi) is 5.79. The van der Waals surface area contributed by atoms with Crippen molar-refractivity contribution in [2.45, 2.75) is 31.7 Å². The number of nitrogens with zero attached hydrogens (tertiary/aromatic N) is 2. The second kappa shape index (κ2) is 7.38. The van der Waals surface area contributed by atoms with E-state index in [9.17, 15) is 8.42 Å². The summed E-state index contributed by atoms with van der Waals surface area (Å²) in [5.41, 5.74) is 0.942. The smallest absolute Gasteiger partial charge is 0.179 e.